The molecule has 2 heterocycles. The van der Waals surface area contributed by atoms with Crippen molar-refractivity contribution in [2.45, 2.75) is 31.9 Å². The highest BCUT2D eigenvalue weighted by molar-refractivity contribution is 5.93. The SMILES string of the molecule is Cc1c(C(=O)NCC(O)c2ccc3ccccc3c2)nnn1C1CCNCC1.Cl. The van der Waals surface area contributed by atoms with Gasteiger partial charge < -0.3 is 15.7 Å². The molecule has 4 rings (SSSR count). The molecule has 2 aromatic carbocycles. The zero-order chi connectivity index (χ0) is 19.5. The van der Waals surface area contributed by atoms with Crippen molar-refractivity contribution in [1.82, 2.24) is 25.6 Å². The van der Waals surface area contributed by atoms with Crippen LogP contribution in [0.2, 0.25) is 0 Å². The number of fused-ring (bicyclic) bond motifs is 1. The Morgan fingerprint density at radius 2 is 1.97 bits per heavy atom. The maximum absolute atomic E-state index is 12.6. The van der Waals surface area contributed by atoms with Gasteiger partial charge >= 0.3 is 0 Å². The molecule has 8 heteroatoms. The molecule has 1 aliphatic rings. The lowest BCUT2D eigenvalue weighted by Crippen LogP contribution is -2.31. The van der Waals surface area contributed by atoms with Crippen LogP contribution in [-0.4, -0.2) is 45.6 Å². The predicted octanol–water partition coefficient (Wildman–Crippen LogP) is 2.55. The minimum atomic E-state index is -0.784. The average molecular weight is 416 g/mol. The van der Waals surface area contributed by atoms with Gasteiger partial charge in [-0.05, 0) is 55.3 Å². The van der Waals surface area contributed by atoms with Crippen LogP contribution < -0.4 is 10.6 Å². The fourth-order valence-electron chi connectivity index (χ4n) is 3.75. The van der Waals surface area contributed by atoms with Gasteiger partial charge in [0.15, 0.2) is 5.69 Å². The van der Waals surface area contributed by atoms with Crippen molar-refractivity contribution in [1.29, 1.82) is 0 Å². The second kappa shape index (κ2) is 9.35. The molecule has 1 unspecified atom stereocenters. The Balaban J connectivity index is 0.00000240. The fraction of sp³-hybridized carbons (Fsp3) is 0.381. The van der Waals surface area contributed by atoms with E-state index < -0.39 is 6.10 Å². The molecular formula is C21H26ClN5O2. The highest BCUT2D eigenvalue weighted by Crippen LogP contribution is 2.21. The number of carbonyl (C=O) groups excluding carboxylic acids is 1. The van der Waals surface area contributed by atoms with Crippen LogP contribution in [0.1, 0.15) is 46.7 Å². The first-order valence-corrected chi connectivity index (χ1v) is 9.71. The number of aliphatic hydroxyl groups is 1. The molecule has 1 aromatic heterocycles. The molecule has 0 bridgehead atoms. The number of aliphatic hydroxyl groups excluding tert-OH is 1. The quantitative estimate of drug-likeness (QED) is 0.595. The Labute approximate surface area is 175 Å². The second-order valence-electron chi connectivity index (χ2n) is 7.28. The number of aromatic nitrogens is 3. The first kappa shape index (κ1) is 21.2. The number of halogens is 1. The number of hydrogen-bond donors (Lipinski definition) is 3. The summed E-state index contributed by atoms with van der Waals surface area (Å²) in [6.45, 7) is 3.89. The van der Waals surface area contributed by atoms with Crippen molar-refractivity contribution >= 4 is 29.1 Å². The number of benzene rings is 2. The third-order valence-electron chi connectivity index (χ3n) is 5.41. The van der Waals surface area contributed by atoms with Gasteiger partial charge in [0, 0.05) is 6.54 Å². The van der Waals surface area contributed by atoms with Crippen molar-refractivity contribution in [3.63, 3.8) is 0 Å². The molecule has 0 spiro atoms. The molecule has 0 saturated carbocycles. The lowest BCUT2D eigenvalue weighted by molar-refractivity contribution is 0.0910. The van der Waals surface area contributed by atoms with Gasteiger partial charge in [-0.2, -0.15) is 0 Å². The van der Waals surface area contributed by atoms with Gasteiger partial charge in [-0.25, -0.2) is 4.68 Å². The van der Waals surface area contributed by atoms with Crippen LogP contribution in [-0.2, 0) is 0 Å². The molecule has 3 aromatic rings. The highest BCUT2D eigenvalue weighted by atomic mass is 35.5. The van der Waals surface area contributed by atoms with Gasteiger partial charge in [-0.3, -0.25) is 4.79 Å². The molecule has 0 radical (unpaired) electrons. The first-order chi connectivity index (χ1) is 13.6. The Bertz CT molecular complexity index is 984. The molecular weight excluding hydrogens is 390 g/mol. The summed E-state index contributed by atoms with van der Waals surface area (Å²) in [4.78, 5) is 12.6. The van der Waals surface area contributed by atoms with E-state index in [1.165, 1.54) is 0 Å². The van der Waals surface area contributed by atoms with Crippen molar-refractivity contribution in [2.75, 3.05) is 19.6 Å². The zero-order valence-electron chi connectivity index (χ0n) is 16.3. The minimum absolute atomic E-state index is 0. The molecule has 1 amide bonds. The minimum Gasteiger partial charge on any atom is -0.387 e. The number of rotatable bonds is 5. The molecule has 1 saturated heterocycles. The van der Waals surface area contributed by atoms with E-state index in [-0.39, 0.29) is 30.9 Å². The average Bonchev–Trinajstić information content (AvgIpc) is 3.13. The second-order valence-corrected chi connectivity index (χ2v) is 7.28. The molecule has 1 aliphatic heterocycles. The van der Waals surface area contributed by atoms with Gasteiger partial charge in [-0.1, -0.05) is 41.6 Å². The summed E-state index contributed by atoms with van der Waals surface area (Å²) in [7, 11) is 0. The Kier molecular flexibility index (Phi) is 6.84. The maximum Gasteiger partial charge on any atom is 0.273 e. The summed E-state index contributed by atoms with van der Waals surface area (Å²) in [5, 5.41) is 27.1. The zero-order valence-corrected chi connectivity index (χ0v) is 17.2. The van der Waals surface area contributed by atoms with Crippen molar-refractivity contribution in [3.05, 3.63) is 59.4 Å². The largest absolute Gasteiger partial charge is 0.387 e. The summed E-state index contributed by atoms with van der Waals surface area (Å²) in [5.74, 6) is -0.308. The van der Waals surface area contributed by atoms with Crippen LogP contribution in [0.25, 0.3) is 10.8 Å². The third kappa shape index (κ3) is 4.58. The maximum atomic E-state index is 12.6. The topological polar surface area (TPSA) is 92.1 Å². The standard InChI is InChI=1S/C21H25N5O2.ClH/c1-14-20(24-25-26(14)18-8-10-22-11-9-18)21(28)23-13-19(27)17-7-6-15-4-2-3-5-16(15)12-17;/h2-7,12,18-19,22,27H,8-11,13H2,1H3,(H,23,28);1H. The summed E-state index contributed by atoms with van der Waals surface area (Å²) in [6.07, 6.45) is 1.17. The number of nitrogens with zero attached hydrogens (tertiary/aromatic N) is 3. The van der Waals surface area contributed by atoms with Crippen LogP contribution in [0.4, 0.5) is 0 Å². The van der Waals surface area contributed by atoms with E-state index in [0.29, 0.717) is 5.69 Å². The Hall–Kier alpha value is -2.48. The molecule has 29 heavy (non-hydrogen) atoms. The van der Waals surface area contributed by atoms with Crippen LogP contribution in [0, 0.1) is 6.92 Å². The summed E-state index contributed by atoms with van der Waals surface area (Å²) in [5.41, 5.74) is 1.86. The van der Waals surface area contributed by atoms with E-state index in [9.17, 15) is 9.90 Å². The van der Waals surface area contributed by atoms with Gasteiger partial charge in [-0.15, -0.1) is 17.5 Å². The Morgan fingerprint density at radius 1 is 1.24 bits per heavy atom. The Morgan fingerprint density at radius 3 is 2.72 bits per heavy atom. The number of carbonyl (C=O) groups is 1. The lowest BCUT2D eigenvalue weighted by Gasteiger charge is -2.23. The van der Waals surface area contributed by atoms with Crippen LogP contribution >= 0.6 is 12.4 Å². The van der Waals surface area contributed by atoms with Crippen LogP contribution in [0.3, 0.4) is 0 Å². The van der Waals surface area contributed by atoms with Gasteiger partial charge in [0.05, 0.1) is 17.8 Å². The molecule has 154 valence electrons. The third-order valence-corrected chi connectivity index (χ3v) is 5.41. The number of nitrogens with one attached hydrogen (secondary N) is 2. The predicted molar refractivity (Wildman–Crippen MR) is 114 cm³/mol. The number of piperidine rings is 1. The van der Waals surface area contributed by atoms with Crippen molar-refractivity contribution < 1.29 is 9.90 Å². The molecule has 7 nitrogen and oxygen atoms in total. The molecule has 1 atom stereocenters. The van der Waals surface area contributed by atoms with Crippen molar-refractivity contribution in [3.8, 4) is 0 Å². The van der Waals surface area contributed by atoms with Crippen molar-refractivity contribution in [2.24, 2.45) is 0 Å². The highest BCUT2D eigenvalue weighted by Gasteiger charge is 2.23. The summed E-state index contributed by atoms with van der Waals surface area (Å²) >= 11 is 0. The van der Waals surface area contributed by atoms with Gasteiger partial charge in [0.2, 0.25) is 0 Å². The van der Waals surface area contributed by atoms with E-state index in [2.05, 4.69) is 20.9 Å². The number of amides is 1. The van der Waals surface area contributed by atoms with E-state index >= 15 is 0 Å². The fourth-order valence-corrected chi connectivity index (χ4v) is 3.75. The number of hydrogen-bond acceptors (Lipinski definition) is 5. The summed E-state index contributed by atoms with van der Waals surface area (Å²) < 4.78 is 1.86. The first-order valence-electron chi connectivity index (χ1n) is 9.71. The van der Waals surface area contributed by atoms with Crippen LogP contribution in [0.5, 0.6) is 0 Å². The van der Waals surface area contributed by atoms with E-state index in [1.54, 1.807) is 0 Å². The van der Waals surface area contributed by atoms with Gasteiger partial charge in [0.1, 0.15) is 0 Å². The molecule has 3 N–H and O–H groups in total. The smallest absolute Gasteiger partial charge is 0.273 e. The molecule has 1 fully saturated rings. The summed E-state index contributed by atoms with van der Waals surface area (Å²) in [6, 6.07) is 14.1. The monoisotopic (exact) mass is 415 g/mol. The molecule has 0 aliphatic carbocycles. The van der Waals surface area contributed by atoms with E-state index in [0.717, 1.165) is 48.0 Å². The van der Waals surface area contributed by atoms with E-state index in [1.807, 2.05) is 54.1 Å². The normalized spacial score (nSPS) is 15.7. The van der Waals surface area contributed by atoms with Crippen LogP contribution in [0.15, 0.2) is 42.5 Å². The van der Waals surface area contributed by atoms with E-state index in [4.69, 9.17) is 0 Å². The lowest BCUT2D eigenvalue weighted by atomic mass is 10.0. The van der Waals surface area contributed by atoms with Gasteiger partial charge in [0.25, 0.3) is 5.91 Å².